The number of likely N-dealkylation sites (N-methyl/N-ethyl adjacent to an activating group) is 1. The van der Waals surface area contributed by atoms with Crippen molar-refractivity contribution in [2.75, 3.05) is 45.1 Å². The fraction of sp³-hybridized carbons (Fsp3) is 0.500. The molecule has 1 aromatic rings. The summed E-state index contributed by atoms with van der Waals surface area (Å²) in [6.07, 6.45) is 0. The fourth-order valence-electron chi connectivity index (χ4n) is 2.12. The van der Waals surface area contributed by atoms with Crippen molar-refractivity contribution < 1.29 is 13.6 Å². The van der Waals surface area contributed by atoms with Crippen LogP contribution in [0.25, 0.3) is 0 Å². The molecule has 1 amide bonds. The van der Waals surface area contributed by atoms with Crippen LogP contribution in [0, 0.1) is 18.6 Å². The van der Waals surface area contributed by atoms with E-state index in [1.807, 2.05) is 7.05 Å². The molecule has 0 aromatic heterocycles. The minimum absolute atomic E-state index is 0.0237. The molecular weight excluding hydrogens is 264 g/mol. The third-order valence-electron chi connectivity index (χ3n) is 3.53. The van der Waals surface area contributed by atoms with Crippen molar-refractivity contribution in [1.82, 2.24) is 9.80 Å². The Morgan fingerprint density at radius 1 is 1.20 bits per heavy atom. The van der Waals surface area contributed by atoms with Gasteiger partial charge >= 0.3 is 0 Å². The zero-order valence-corrected chi connectivity index (χ0v) is 11.7. The third-order valence-corrected chi connectivity index (χ3v) is 3.53. The summed E-state index contributed by atoms with van der Waals surface area (Å²) in [5.74, 6) is -1.13. The molecule has 4 nitrogen and oxygen atoms in total. The highest BCUT2D eigenvalue weighted by Crippen LogP contribution is 2.18. The molecule has 1 fully saturated rings. The summed E-state index contributed by atoms with van der Waals surface area (Å²) in [4.78, 5) is 15.8. The Morgan fingerprint density at radius 3 is 2.50 bits per heavy atom. The van der Waals surface area contributed by atoms with E-state index in [1.54, 1.807) is 4.90 Å². The van der Waals surface area contributed by atoms with Crippen molar-refractivity contribution in [3.8, 4) is 0 Å². The normalized spacial score (nSPS) is 16.3. The van der Waals surface area contributed by atoms with Gasteiger partial charge in [0.2, 0.25) is 5.91 Å². The van der Waals surface area contributed by atoms with Gasteiger partial charge in [-0.25, -0.2) is 8.78 Å². The number of hydrogen-bond acceptors (Lipinski definition) is 3. The van der Waals surface area contributed by atoms with Gasteiger partial charge in [0.05, 0.1) is 12.2 Å². The van der Waals surface area contributed by atoms with Crippen LogP contribution in [0.3, 0.4) is 0 Å². The lowest BCUT2D eigenvalue weighted by Gasteiger charge is -2.32. The monoisotopic (exact) mass is 283 g/mol. The van der Waals surface area contributed by atoms with Crippen molar-refractivity contribution in [2.45, 2.75) is 6.92 Å². The molecule has 0 aliphatic carbocycles. The van der Waals surface area contributed by atoms with E-state index in [-0.39, 0.29) is 23.7 Å². The quantitative estimate of drug-likeness (QED) is 0.912. The summed E-state index contributed by atoms with van der Waals surface area (Å²) >= 11 is 0. The average Bonchev–Trinajstić information content (AvgIpc) is 2.42. The van der Waals surface area contributed by atoms with Gasteiger partial charge in [-0.15, -0.1) is 0 Å². The van der Waals surface area contributed by atoms with E-state index in [2.05, 4.69) is 10.2 Å². The summed E-state index contributed by atoms with van der Waals surface area (Å²) < 4.78 is 27.0. The second kappa shape index (κ2) is 6.17. The number of rotatable bonds is 3. The molecule has 1 heterocycles. The summed E-state index contributed by atoms with van der Waals surface area (Å²) in [5, 5.41) is 2.67. The van der Waals surface area contributed by atoms with Crippen molar-refractivity contribution in [3.63, 3.8) is 0 Å². The predicted molar refractivity (Wildman–Crippen MR) is 73.7 cm³/mol. The Labute approximate surface area is 117 Å². The molecule has 110 valence electrons. The van der Waals surface area contributed by atoms with Gasteiger partial charge in [0, 0.05) is 32.2 Å². The number of piperazine rings is 1. The van der Waals surface area contributed by atoms with Gasteiger partial charge in [-0.05, 0) is 25.6 Å². The summed E-state index contributed by atoms with van der Waals surface area (Å²) in [6.45, 7) is 4.47. The van der Waals surface area contributed by atoms with Crippen LogP contribution in [0.2, 0.25) is 0 Å². The van der Waals surface area contributed by atoms with Gasteiger partial charge in [0.25, 0.3) is 0 Å². The van der Waals surface area contributed by atoms with Gasteiger partial charge < -0.3 is 15.1 Å². The van der Waals surface area contributed by atoms with Gasteiger partial charge in [0.15, 0.2) is 0 Å². The van der Waals surface area contributed by atoms with Crippen LogP contribution in [0.15, 0.2) is 12.1 Å². The molecule has 1 saturated heterocycles. The molecule has 0 spiro atoms. The van der Waals surface area contributed by atoms with Crippen LogP contribution in [0.5, 0.6) is 0 Å². The van der Waals surface area contributed by atoms with Crippen molar-refractivity contribution >= 4 is 11.6 Å². The summed E-state index contributed by atoms with van der Waals surface area (Å²) in [5.41, 5.74) is 0.272. The molecular formula is C14H19F2N3O. The summed E-state index contributed by atoms with van der Waals surface area (Å²) in [7, 11) is 2.00. The molecule has 0 unspecified atom stereocenters. The highest BCUT2D eigenvalue weighted by Gasteiger charge is 2.19. The number of nitrogens with one attached hydrogen (secondary N) is 1. The second-order valence-corrected chi connectivity index (χ2v) is 5.12. The zero-order valence-electron chi connectivity index (χ0n) is 11.7. The topological polar surface area (TPSA) is 35.6 Å². The average molecular weight is 283 g/mol. The number of benzene rings is 1. The Hall–Kier alpha value is -1.69. The number of hydrogen-bond donors (Lipinski definition) is 1. The molecule has 0 radical (unpaired) electrons. The van der Waals surface area contributed by atoms with Crippen molar-refractivity contribution in [1.29, 1.82) is 0 Å². The molecule has 1 N–H and O–H groups in total. The van der Waals surface area contributed by atoms with Crippen LogP contribution in [0.1, 0.15) is 5.56 Å². The Morgan fingerprint density at radius 2 is 1.85 bits per heavy atom. The molecule has 0 atom stereocenters. The van der Waals surface area contributed by atoms with Gasteiger partial charge in [-0.2, -0.15) is 0 Å². The first-order valence-corrected chi connectivity index (χ1v) is 6.63. The zero-order chi connectivity index (χ0) is 14.7. The predicted octanol–water partition coefficient (Wildman–Crippen LogP) is 1.46. The second-order valence-electron chi connectivity index (χ2n) is 5.12. The SMILES string of the molecule is Cc1cc(F)c(NCC(=O)N2CCN(C)CC2)cc1F. The van der Waals surface area contributed by atoms with E-state index in [0.717, 1.165) is 25.2 Å². The largest absolute Gasteiger partial charge is 0.374 e. The number of anilines is 1. The number of aryl methyl sites for hydroxylation is 1. The number of carbonyl (C=O) groups is 1. The number of carbonyl (C=O) groups excluding carboxylic acids is 1. The molecule has 1 aliphatic heterocycles. The maximum atomic E-state index is 13.6. The molecule has 2 rings (SSSR count). The smallest absolute Gasteiger partial charge is 0.241 e. The van der Waals surface area contributed by atoms with E-state index in [9.17, 15) is 13.6 Å². The highest BCUT2D eigenvalue weighted by atomic mass is 19.1. The van der Waals surface area contributed by atoms with E-state index in [1.165, 1.54) is 6.92 Å². The number of amides is 1. The van der Waals surface area contributed by atoms with Crippen LogP contribution < -0.4 is 5.32 Å². The van der Waals surface area contributed by atoms with Crippen molar-refractivity contribution in [2.24, 2.45) is 0 Å². The van der Waals surface area contributed by atoms with Crippen LogP contribution in [0.4, 0.5) is 14.5 Å². The third kappa shape index (κ3) is 3.45. The Balaban J connectivity index is 1.92. The van der Waals surface area contributed by atoms with Gasteiger partial charge in [-0.3, -0.25) is 4.79 Å². The maximum Gasteiger partial charge on any atom is 0.241 e. The lowest BCUT2D eigenvalue weighted by atomic mass is 10.2. The maximum absolute atomic E-state index is 13.6. The summed E-state index contributed by atoms with van der Waals surface area (Å²) in [6, 6.07) is 2.21. The molecule has 0 saturated carbocycles. The molecule has 20 heavy (non-hydrogen) atoms. The van der Waals surface area contributed by atoms with E-state index in [4.69, 9.17) is 0 Å². The minimum Gasteiger partial charge on any atom is -0.374 e. The Bertz CT molecular complexity index is 499. The molecule has 1 aliphatic rings. The van der Waals surface area contributed by atoms with Crippen molar-refractivity contribution in [3.05, 3.63) is 29.3 Å². The van der Waals surface area contributed by atoms with E-state index in [0.29, 0.717) is 13.1 Å². The standard InChI is InChI=1S/C14H19F2N3O/c1-10-7-12(16)13(8-11(10)15)17-9-14(20)19-5-3-18(2)4-6-19/h7-8,17H,3-6,9H2,1-2H3. The van der Waals surface area contributed by atoms with Gasteiger partial charge in [-0.1, -0.05) is 0 Å². The molecule has 0 bridgehead atoms. The minimum atomic E-state index is -0.546. The first-order chi connectivity index (χ1) is 9.47. The number of nitrogens with zero attached hydrogens (tertiary/aromatic N) is 2. The van der Waals surface area contributed by atoms with E-state index < -0.39 is 11.6 Å². The lowest BCUT2D eigenvalue weighted by Crippen LogP contribution is -2.48. The highest BCUT2D eigenvalue weighted by molar-refractivity contribution is 5.81. The fourth-order valence-corrected chi connectivity index (χ4v) is 2.12. The lowest BCUT2D eigenvalue weighted by molar-refractivity contribution is -0.130. The first kappa shape index (κ1) is 14.7. The van der Waals surface area contributed by atoms with Crippen LogP contribution in [-0.2, 0) is 4.79 Å². The van der Waals surface area contributed by atoms with Crippen LogP contribution >= 0.6 is 0 Å². The Kier molecular flexibility index (Phi) is 4.54. The van der Waals surface area contributed by atoms with Gasteiger partial charge in [0.1, 0.15) is 11.6 Å². The first-order valence-electron chi connectivity index (χ1n) is 6.63. The number of halogens is 2. The van der Waals surface area contributed by atoms with Crippen LogP contribution in [-0.4, -0.2) is 55.5 Å². The van der Waals surface area contributed by atoms with E-state index >= 15 is 0 Å². The molecule has 1 aromatic carbocycles. The molecule has 6 heteroatoms.